The van der Waals surface area contributed by atoms with E-state index in [-0.39, 0.29) is 0 Å². The highest BCUT2D eigenvalue weighted by molar-refractivity contribution is 4.94. The van der Waals surface area contributed by atoms with Gasteiger partial charge in [-0.15, -0.1) is 0 Å². The standard InChI is InChI=1S/C17H32N2O2/c1-14(2)18-11-17(7-9-20-13-17)12-19-8-10-21-16-6-4-3-5-15(16)19/h14-16,18H,3-13H2,1-2H3. The lowest BCUT2D eigenvalue weighted by Crippen LogP contribution is -2.57. The van der Waals surface area contributed by atoms with Crippen molar-refractivity contribution in [1.82, 2.24) is 10.2 Å². The zero-order valence-corrected chi connectivity index (χ0v) is 13.8. The van der Waals surface area contributed by atoms with Gasteiger partial charge in [-0.3, -0.25) is 4.90 Å². The van der Waals surface area contributed by atoms with Crippen LogP contribution in [0.3, 0.4) is 0 Å². The minimum Gasteiger partial charge on any atom is -0.381 e. The van der Waals surface area contributed by atoms with Crippen LogP contribution in [-0.4, -0.2) is 62.5 Å². The van der Waals surface area contributed by atoms with Crippen LogP contribution in [0.15, 0.2) is 0 Å². The maximum absolute atomic E-state index is 6.02. The Morgan fingerprint density at radius 1 is 1.24 bits per heavy atom. The molecule has 3 aliphatic rings. The highest BCUT2D eigenvalue weighted by atomic mass is 16.5. The van der Waals surface area contributed by atoms with Crippen molar-refractivity contribution in [2.45, 2.75) is 64.1 Å². The molecule has 1 saturated carbocycles. The van der Waals surface area contributed by atoms with Gasteiger partial charge in [-0.1, -0.05) is 26.7 Å². The van der Waals surface area contributed by atoms with Crippen molar-refractivity contribution in [3.05, 3.63) is 0 Å². The fraction of sp³-hybridized carbons (Fsp3) is 1.00. The van der Waals surface area contributed by atoms with Gasteiger partial charge in [0.15, 0.2) is 0 Å². The van der Waals surface area contributed by atoms with Crippen molar-refractivity contribution in [3.63, 3.8) is 0 Å². The Bertz CT molecular complexity index is 327. The van der Waals surface area contributed by atoms with Crippen molar-refractivity contribution in [3.8, 4) is 0 Å². The van der Waals surface area contributed by atoms with E-state index in [2.05, 4.69) is 24.1 Å². The van der Waals surface area contributed by atoms with E-state index in [4.69, 9.17) is 9.47 Å². The molecule has 4 nitrogen and oxygen atoms in total. The first-order valence-corrected chi connectivity index (χ1v) is 8.85. The fourth-order valence-electron chi connectivity index (χ4n) is 4.19. The molecule has 0 radical (unpaired) electrons. The molecule has 3 atom stereocenters. The molecule has 122 valence electrons. The second kappa shape index (κ2) is 6.95. The first kappa shape index (κ1) is 15.7. The van der Waals surface area contributed by atoms with Gasteiger partial charge in [-0.2, -0.15) is 0 Å². The van der Waals surface area contributed by atoms with E-state index in [0.29, 0.717) is 23.6 Å². The van der Waals surface area contributed by atoms with Crippen LogP contribution in [-0.2, 0) is 9.47 Å². The first-order chi connectivity index (χ1) is 10.2. The number of nitrogens with zero attached hydrogens (tertiary/aromatic N) is 1. The van der Waals surface area contributed by atoms with Gasteiger partial charge >= 0.3 is 0 Å². The SMILES string of the molecule is CC(C)NCC1(CN2CCOC3CCCCC32)CCOC1. The van der Waals surface area contributed by atoms with Gasteiger partial charge in [0.2, 0.25) is 0 Å². The Labute approximate surface area is 129 Å². The average Bonchev–Trinajstić information content (AvgIpc) is 2.95. The summed E-state index contributed by atoms with van der Waals surface area (Å²) in [7, 11) is 0. The van der Waals surface area contributed by atoms with Crippen LogP contribution in [0.2, 0.25) is 0 Å². The topological polar surface area (TPSA) is 33.7 Å². The van der Waals surface area contributed by atoms with E-state index in [0.717, 1.165) is 32.9 Å². The number of fused-ring (bicyclic) bond motifs is 1. The normalized spacial score (nSPS) is 37.9. The summed E-state index contributed by atoms with van der Waals surface area (Å²) >= 11 is 0. The average molecular weight is 296 g/mol. The molecule has 2 saturated heterocycles. The molecule has 21 heavy (non-hydrogen) atoms. The summed E-state index contributed by atoms with van der Waals surface area (Å²) < 4.78 is 11.8. The molecule has 2 aliphatic heterocycles. The minimum atomic E-state index is 0.309. The smallest absolute Gasteiger partial charge is 0.0730 e. The van der Waals surface area contributed by atoms with Crippen molar-refractivity contribution in [2.24, 2.45) is 5.41 Å². The predicted octanol–water partition coefficient (Wildman–Crippen LogP) is 2.03. The Kier molecular flexibility index (Phi) is 5.20. The van der Waals surface area contributed by atoms with Gasteiger partial charge in [0, 0.05) is 43.7 Å². The summed E-state index contributed by atoms with van der Waals surface area (Å²) in [5, 5.41) is 3.65. The number of hydrogen-bond acceptors (Lipinski definition) is 4. The maximum Gasteiger partial charge on any atom is 0.0730 e. The highest BCUT2D eigenvalue weighted by Gasteiger charge is 2.41. The fourth-order valence-corrected chi connectivity index (χ4v) is 4.19. The molecule has 0 spiro atoms. The lowest BCUT2D eigenvalue weighted by atomic mass is 9.83. The third kappa shape index (κ3) is 3.79. The van der Waals surface area contributed by atoms with Crippen LogP contribution >= 0.6 is 0 Å². The lowest BCUT2D eigenvalue weighted by Gasteiger charge is -2.47. The van der Waals surface area contributed by atoms with Gasteiger partial charge in [-0.05, 0) is 19.3 Å². The van der Waals surface area contributed by atoms with Gasteiger partial charge in [0.05, 0.1) is 19.3 Å². The van der Waals surface area contributed by atoms with E-state index < -0.39 is 0 Å². The van der Waals surface area contributed by atoms with E-state index in [1.807, 2.05) is 0 Å². The van der Waals surface area contributed by atoms with E-state index in [1.165, 1.54) is 38.6 Å². The molecular weight excluding hydrogens is 264 g/mol. The number of rotatable bonds is 5. The Morgan fingerprint density at radius 3 is 2.86 bits per heavy atom. The zero-order valence-electron chi connectivity index (χ0n) is 13.8. The van der Waals surface area contributed by atoms with Gasteiger partial charge in [0.1, 0.15) is 0 Å². The minimum absolute atomic E-state index is 0.309. The molecule has 4 heteroatoms. The summed E-state index contributed by atoms with van der Waals surface area (Å²) in [6.07, 6.45) is 6.98. The van der Waals surface area contributed by atoms with Crippen molar-refractivity contribution >= 4 is 0 Å². The predicted molar refractivity (Wildman–Crippen MR) is 84.6 cm³/mol. The highest BCUT2D eigenvalue weighted by Crippen LogP contribution is 2.34. The molecule has 0 amide bonds. The van der Waals surface area contributed by atoms with Crippen LogP contribution < -0.4 is 5.32 Å². The maximum atomic E-state index is 6.02. The molecule has 3 unspecified atom stereocenters. The monoisotopic (exact) mass is 296 g/mol. The summed E-state index contributed by atoms with van der Waals surface area (Å²) in [5.74, 6) is 0. The summed E-state index contributed by atoms with van der Waals surface area (Å²) in [6, 6.07) is 1.21. The van der Waals surface area contributed by atoms with Crippen LogP contribution in [0.1, 0.15) is 46.0 Å². The second-order valence-corrected chi connectivity index (χ2v) is 7.57. The molecule has 3 fully saturated rings. The van der Waals surface area contributed by atoms with Crippen LogP contribution in [0.4, 0.5) is 0 Å². The molecule has 2 heterocycles. The van der Waals surface area contributed by atoms with Crippen molar-refractivity contribution in [2.75, 3.05) is 39.5 Å². The van der Waals surface area contributed by atoms with Crippen LogP contribution in [0.5, 0.6) is 0 Å². The Morgan fingerprint density at radius 2 is 2.10 bits per heavy atom. The van der Waals surface area contributed by atoms with E-state index in [1.54, 1.807) is 0 Å². The second-order valence-electron chi connectivity index (χ2n) is 7.57. The molecule has 3 rings (SSSR count). The number of nitrogens with one attached hydrogen (secondary N) is 1. The van der Waals surface area contributed by atoms with Crippen molar-refractivity contribution < 1.29 is 9.47 Å². The molecular formula is C17H32N2O2. The van der Waals surface area contributed by atoms with Gasteiger partial charge < -0.3 is 14.8 Å². The van der Waals surface area contributed by atoms with E-state index in [9.17, 15) is 0 Å². The largest absolute Gasteiger partial charge is 0.381 e. The molecule has 0 bridgehead atoms. The summed E-state index contributed by atoms with van der Waals surface area (Å²) in [6.45, 7) is 10.6. The van der Waals surface area contributed by atoms with Gasteiger partial charge in [0.25, 0.3) is 0 Å². The van der Waals surface area contributed by atoms with Gasteiger partial charge in [-0.25, -0.2) is 0 Å². The quantitative estimate of drug-likeness (QED) is 0.842. The van der Waals surface area contributed by atoms with Crippen LogP contribution in [0.25, 0.3) is 0 Å². The number of hydrogen-bond donors (Lipinski definition) is 1. The number of ether oxygens (including phenoxy) is 2. The summed E-state index contributed by atoms with van der Waals surface area (Å²) in [5.41, 5.74) is 0.309. The van der Waals surface area contributed by atoms with Crippen molar-refractivity contribution in [1.29, 1.82) is 0 Å². The molecule has 0 aromatic heterocycles. The third-order valence-electron chi connectivity index (χ3n) is 5.46. The molecule has 1 N–H and O–H groups in total. The Balaban J connectivity index is 1.64. The molecule has 0 aromatic carbocycles. The molecule has 1 aliphatic carbocycles. The Hall–Kier alpha value is -0.160. The summed E-state index contributed by atoms with van der Waals surface area (Å²) in [4.78, 5) is 2.73. The number of morpholine rings is 1. The zero-order chi connectivity index (χ0) is 14.7. The first-order valence-electron chi connectivity index (χ1n) is 8.85. The van der Waals surface area contributed by atoms with E-state index >= 15 is 0 Å². The third-order valence-corrected chi connectivity index (χ3v) is 5.46. The van der Waals surface area contributed by atoms with Crippen LogP contribution in [0, 0.1) is 5.41 Å². The molecule has 0 aromatic rings. The lowest BCUT2D eigenvalue weighted by molar-refractivity contribution is -0.0991.